The predicted molar refractivity (Wildman–Crippen MR) is 103 cm³/mol. The van der Waals surface area contributed by atoms with Gasteiger partial charge >= 0.3 is 0 Å². The lowest BCUT2D eigenvalue weighted by Crippen LogP contribution is -2.40. The van der Waals surface area contributed by atoms with Gasteiger partial charge in [-0.25, -0.2) is 4.98 Å². The van der Waals surface area contributed by atoms with E-state index in [4.69, 9.17) is 0 Å². The molecular weight excluding hydrogens is 348 g/mol. The van der Waals surface area contributed by atoms with Crippen molar-refractivity contribution in [3.05, 3.63) is 58.0 Å². The number of carbonyl (C=O) groups is 1. The monoisotopic (exact) mass is 368 g/mol. The molecule has 0 saturated carbocycles. The molecule has 2 N–H and O–H groups in total. The first-order valence-corrected chi connectivity index (χ1v) is 9.62. The third kappa shape index (κ3) is 3.68. The van der Waals surface area contributed by atoms with Gasteiger partial charge in [0.25, 0.3) is 5.56 Å². The van der Waals surface area contributed by atoms with Crippen LogP contribution in [-0.4, -0.2) is 33.9 Å². The highest BCUT2D eigenvalue weighted by molar-refractivity contribution is 7.17. The minimum Gasteiger partial charge on any atom is -0.326 e. The van der Waals surface area contributed by atoms with Crippen molar-refractivity contribution in [3.8, 4) is 0 Å². The van der Waals surface area contributed by atoms with Crippen LogP contribution in [0.15, 0.2) is 46.6 Å². The summed E-state index contributed by atoms with van der Waals surface area (Å²) in [6, 6.07) is 11.4. The van der Waals surface area contributed by atoms with Gasteiger partial charge in [-0.05, 0) is 43.0 Å². The summed E-state index contributed by atoms with van der Waals surface area (Å²) in [5, 5.41) is 4.86. The number of thiophene rings is 1. The molecule has 0 spiro atoms. The number of nitrogens with zero attached hydrogens (tertiary/aromatic N) is 2. The molecule has 1 amide bonds. The maximum atomic E-state index is 12.5. The Balaban J connectivity index is 1.42. The lowest BCUT2D eigenvalue weighted by Gasteiger charge is -2.31. The highest BCUT2D eigenvalue weighted by atomic mass is 32.1. The zero-order valence-electron chi connectivity index (χ0n) is 14.3. The summed E-state index contributed by atoms with van der Waals surface area (Å²) in [4.78, 5) is 34.3. The highest BCUT2D eigenvalue weighted by Crippen LogP contribution is 2.20. The number of anilines is 1. The van der Waals surface area contributed by atoms with Crippen LogP contribution >= 0.6 is 11.3 Å². The van der Waals surface area contributed by atoms with E-state index in [1.165, 1.54) is 11.3 Å². The van der Waals surface area contributed by atoms with Crippen molar-refractivity contribution in [3.63, 3.8) is 0 Å². The molecule has 1 aromatic carbocycles. The number of likely N-dealkylation sites (tertiary alicyclic amines) is 1. The van der Waals surface area contributed by atoms with Crippen LogP contribution in [0.4, 0.5) is 5.69 Å². The van der Waals surface area contributed by atoms with E-state index < -0.39 is 0 Å². The smallest absolute Gasteiger partial charge is 0.268 e. The zero-order valence-corrected chi connectivity index (χ0v) is 15.1. The summed E-state index contributed by atoms with van der Waals surface area (Å²) >= 11 is 1.40. The summed E-state index contributed by atoms with van der Waals surface area (Å²) in [6.45, 7) is 2.13. The molecule has 1 fully saturated rings. The number of rotatable bonds is 4. The number of piperidine rings is 1. The second-order valence-corrected chi connectivity index (χ2v) is 7.49. The molecule has 0 unspecified atom stereocenters. The van der Waals surface area contributed by atoms with E-state index in [1.54, 1.807) is 0 Å². The number of aromatic nitrogens is 2. The normalized spacial score (nSPS) is 18.1. The number of H-pyrrole nitrogens is 1. The van der Waals surface area contributed by atoms with Crippen LogP contribution in [-0.2, 0) is 11.3 Å². The average Bonchev–Trinajstić information content (AvgIpc) is 3.12. The van der Waals surface area contributed by atoms with Crippen LogP contribution in [0.2, 0.25) is 0 Å². The fourth-order valence-electron chi connectivity index (χ4n) is 3.39. The van der Waals surface area contributed by atoms with Crippen LogP contribution < -0.4 is 10.9 Å². The van der Waals surface area contributed by atoms with Crippen molar-refractivity contribution >= 4 is 33.1 Å². The molecule has 26 heavy (non-hydrogen) atoms. The van der Waals surface area contributed by atoms with Crippen molar-refractivity contribution < 1.29 is 4.79 Å². The standard InChI is InChI=1S/C19H20N4O2S/c24-18(20-14-6-2-1-3-7-14)13-5-4-9-23(11-13)12-16-21-15-8-10-26-17(15)19(25)22-16/h1-3,6-8,10,13H,4-5,9,11-12H2,(H,20,24)(H,21,22,25)/t13-/m1/s1. The molecule has 1 aliphatic rings. The predicted octanol–water partition coefficient (Wildman–Crippen LogP) is 2.84. The Morgan fingerprint density at radius 2 is 2.15 bits per heavy atom. The van der Waals surface area contributed by atoms with Gasteiger partial charge in [0.15, 0.2) is 0 Å². The molecule has 0 bridgehead atoms. The highest BCUT2D eigenvalue weighted by Gasteiger charge is 2.26. The van der Waals surface area contributed by atoms with Crippen LogP contribution in [0.1, 0.15) is 18.7 Å². The summed E-state index contributed by atoms with van der Waals surface area (Å²) in [5.41, 5.74) is 1.48. The van der Waals surface area contributed by atoms with Gasteiger partial charge in [0.05, 0.1) is 18.0 Å². The summed E-state index contributed by atoms with van der Waals surface area (Å²) in [7, 11) is 0. The van der Waals surface area contributed by atoms with Crippen molar-refractivity contribution in [1.82, 2.24) is 14.9 Å². The third-order valence-corrected chi connectivity index (χ3v) is 5.56. The van der Waals surface area contributed by atoms with Crippen LogP contribution in [0.3, 0.4) is 0 Å². The maximum Gasteiger partial charge on any atom is 0.268 e. The minimum atomic E-state index is -0.0876. The van der Waals surface area contributed by atoms with Crippen LogP contribution in [0, 0.1) is 5.92 Å². The van der Waals surface area contributed by atoms with Gasteiger partial charge in [-0.2, -0.15) is 0 Å². The summed E-state index contributed by atoms with van der Waals surface area (Å²) in [6.07, 6.45) is 1.83. The first-order chi connectivity index (χ1) is 12.7. The molecule has 2 aromatic heterocycles. The van der Waals surface area contributed by atoms with Gasteiger partial charge in [0, 0.05) is 12.2 Å². The fraction of sp³-hybridized carbons (Fsp3) is 0.316. The van der Waals surface area contributed by atoms with Crippen molar-refractivity contribution in [2.24, 2.45) is 5.92 Å². The van der Waals surface area contributed by atoms with Gasteiger partial charge in [-0.1, -0.05) is 18.2 Å². The number of aromatic amines is 1. The largest absolute Gasteiger partial charge is 0.326 e. The lowest BCUT2D eigenvalue weighted by atomic mass is 9.97. The van der Waals surface area contributed by atoms with Crippen molar-refractivity contribution in [2.75, 3.05) is 18.4 Å². The van der Waals surface area contributed by atoms with Gasteiger partial charge in [-0.3, -0.25) is 14.5 Å². The van der Waals surface area contributed by atoms with Gasteiger partial charge in [0.1, 0.15) is 10.5 Å². The number of para-hydroxylation sites is 1. The summed E-state index contributed by atoms with van der Waals surface area (Å²) in [5.74, 6) is 0.654. The molecule has 1 saturated heterocycles. The first-order valence-electron chi connectivity index (χ1n) is 8.74. The summed E-state index contributed by atoms with van der Waals surface area (Å²) < 4.78 is 0.660. The van der Waals surface area contributed by atoms with Crippen molar-refractivity contribution in [2.45, 2.75) is 19.4 Å². The molecular formula is C19H20N4O2S. The number of fused-ring (bicyclic) bond motifs is 1. The number of benzene rings is 1. The Hall–Kier alpha value is -2.51. The number of nitrogens with one attached hydrogen (secondary N) is 2. The Bertz CT molecular complexity index is 966. The molecule has 6 nitrogen and oxygen atoms in total. The third-order valence-electron chi connectivity index (χ3n) is 4.65. The van der Waals surface area contributed by atoms with E-state index in [0.717, 1.165) is 30.6 Å². The Kier molecular flexibility index (Phi) is 4.81. The van der Waals surface area contributed by atoms with Gasteiger partial charge in [0.2, 0.25) is 5.91 Å². The topological polar surface area (TPSA) is 78.1 Å². The molecule has 0 aliphatic carbocycles. The van der Waals surface area contributed by atoms with E-state index in [9.17, 15) is 9.59 Å². The molecule has 134 valence electrons. The van der Waals surface area contributed by atoms with E-state index in [1.807, 2.05) is 41.8 Å². The number of hydrogen-bond donors (Lipinski definition) is 2. The minimum absolute atomic E-state index is 0.0515. The fourth-order valence-corrected chi connectivity index (χ4v) is 4.11. The SMILES string of the molecule is O=C(Nc1ccccc1)[C@@H]1CCCN(Cc2nc3ccsc3c(=O)[nH]2)C1. The second-order valence-electron chi connectivity index (χ2n) is 6.58. The molecule has 0 radical (unpaired) electrons. The van der Waals surface area contributed by atoms with Gasteiger partial charge in [-0.15, -0.1) is 11.3 Å². The Morgan fingerprint density at radius 3 is 3.00 bits per heavy atom. The molecule has 1 atom stereocenters. The molecule has 7 heteroatoms. The lowest BCUT2D eigenvalue weighted by molar-refractivity contribution is -0.121. The quantitative estimate of drug-likeness (QED) is 0.742. The number of carbonyl (C=O) groups excluding carboxylic acids is 1. The Morgan fingerprint density at radius 1 is 1.31 bits per heavy atom. The van der Waals surface area contributed by atoms with E-state index in [-0.39, 0.29) is 17.4 Å². The molecule has 4 rings (SSSR count). The Labute approximate surface area is 154 Å². The zero-order chi connectivity index (χ0) is 17.9. The number of hydrogen-bond acceptors (Lipinski definition) is 5. The number of amides is 1. The van der Waals surface area contributed by atoms with Gasteiger partial charge < -0.3 is 10.3 Å². The van der Waals surface area contributed by atoms with E-state index in [0.29, 0.717) is 23.6 Å². The van der Waals surface area contributed by atoms with Crippen LogP contribution in [0.25, 0.3) is 10.2 Å². The maximum absolute atomic E-state index is 12.5. The van der Waals surface area contributed by atoms with E-state index >= 15 is 0 Å². The first kappa shape index (κ1) is 16.9. The molecule has 3 heterocycles. The van der Waals surface area contributed by atoms with E-state index in [2.05, 4.69) is 20.2 Å². The molecule has 1 aliphatic heterocycles. The van der Waals surface area contributed by atoms with Crippen molar-refractivity contribution in [1.29, 1.82) is 0 Å². The van der Waals surface area contributed by atoms with Crippen LogP contribution in [0.5, 0.6) is 0 Å². The molecule has 3 aromatic rings. The average molecular weight is 368 g/mol. The second kappa shape index (κ2) is 7.39.